The van der Waals surface area contributed by atoms with Crippen LogP contribution in [0.5, 0.6) is 0 Å². The molecule has 0 amide bonds. The second kappa shape index (κ2) is 7.35. The minimum Gasteiger partial charge on any atom is -0.465 e. The van der Waals surface area contributed by atoms with Crippen molar-refractivity contribution in [3.05, 3.63) is 70.3 Å². The van der Waals surface area contributed by atoms with E-state index in [1.165, 1.54) is 18.2 Å². The number of methoxy groups -OCH3 is 1. The Hall–Kier alpha value is -2.22. The molecule has 0 spiro atoms. The fraction of sp³-hybridized carbons (Fsp3) is 0.278. The zero-order valence-corrected chi connectivity index (χ0v) is 14.7. The number of esters is 1. The molecule has 1 aliphatic heterocycles. The molecule has 0 fully saturated rings. The third kappa shape index (κ3) is 4.25. The summed E-state index contributed by atoms with van der Waals surface area (Å²) in [6, 6.07) is 12.5. The molecular weight excluding hydrogens is 340 g/mol. The molecule has 0 radical (unpaired) electrons. The van der Waals surface area contributed by atoms with Crippen molar-refractivity contribution in [3.63, 3.8) is 0 Å². The van der Waals surface area contributed by atoms with E-state index in [0.29, 0.717) is 5.56 Å². The average Bonchev–Trinajstić information content (AvgIpc) is 3.07. The van der Waals surface area contributed by atoms with Gasteiger partial charge in [0.2, 0.25) is 10.0 Å². The van der Waals surface area contributed by atoms with Gasteiger partial charge in [0.05, 0.1) is 18.4 Å². The third-order valence-electron chi connectivity index (χ3n) is 4.17. The third-order valence-corrected chi connectivity index (χ3v) is 5.44. The summed E-state index contributed by atoms with van der Waals surface area (Å²) in [5.74, 6) is -0.818. The van der Waals surface area contributed by atoms with Gasteiger partial charge in [-0.3, -0.25) is 0 Å². The van der Waals surface area contributed by atoms with Crippen LogP contribution in [-0.2, 0) is 40.1 Å². The summed E-state index contributed by atoms with van der Waals surface area (Å²) >= 11 is 0. The van der Waals surface area contributed by atoms with Crippen LogP contribution in [0.25, 0.3) is 0 Å². The summed E-state index contributed by atoms with van der Waals surface area (Å²) in [6.45, 7) is 1.88. The van der Waals surface area contributed by atoms with E-state index in [2.05, 4.69) is 10.0 Å². The number of rotatable bonds is 6. The number of ether oxygens (including phenoxy) is 1. The number of carbonyl (C=O) groups excluding carboxylic acids is 1. The molecule has 6 nitrogen and oxygen atoms in total. The van der Waals surface area contributed by atoms with E-state index in [1.54, 1.807) is 24.3 Å². The van der Waals surface area contributed by atoms with Crippen LogP contribution in [0.15, 0.2) is 42.5 Å². The molecule has 0 saturated carbocycles. The molecule has 2 aromatic rings. The lowest BCUT2D eigenvalue weighted by molar-refractivity contribution is 0.0600. The summed E-state index contributed by atoms with van der Waals surface area (Å²) in [6.07, 6.45) is 0. The fourth-order valence-corrected chi connectivity index (χ4v) is 4.01. The van der Waals surface area contributed by atoms with Gasteiger partial charge in [-0.2, -0.15) is 0 Å². The number of benzene rings is 2. The number of nitrogens with one attached hydrogen (secondary N) is 2. The van der Waals surface area contributed by atoms with Gasteiger partial charge in [-0.05, 0) is 28.3 Å². The molecule has 0 atom stereocenters. The first-order valence-corrected chi connectivity index (χ1v) is 9.59. The van der Waals surface area contributed by atoms with Crippen molar-refractivity contribution in [2.45, 2.75) is 25.4 Å². The molecule has 3 rings (SSSR count). The average molecular weight is 360 g/mol. The number of fused-ring (bicyclic) bond motifs is 1. The van der Waals surface area contributed by atoms with Crippen molar-refractivity contribution < 1.29 is 17.9 Å². The first-order valence-electron chi connectivity index (χ1n) is 7.93. The van der Waals surface area contributed by atoms with Gasteiger partial charge in [0.15, 0.2) is 0 Å². The maximum absolute atomic E-state index is 12.4. The highest BCUT2D eigenvalue weighted by Gasteiger charge is 2.18. The Morgan fingerprint density at radius 3 is 2.72 bits per heavy atom. The molecule has 0 unspecified atom stereocenters. The molecular formula is C18H20N2O4S. The molecule has 0 saturated heterocycles. The minimum atomic E-state index is -3.58. The van der Waals surface area contributed by atoms with Gasteiger partial charge in [-0.15, -0.1) is 0 Å². The smallest absolute Gasteiger partial charge is 0.338 e. The van der Waals surface area contributed by atoms with Gasteiger partial charge in [-0.1, -0.05) is 36.4 Å². The molecule has 0 aliphatic carbocycles. The van der Waals surface area contributed by atoms with Crippen LogP contribution >= 0.6 is 0 Å². The second-order valence-electron chi connectivity index (χ2n) is 5.94. The second-order valence-corrected chi connectivity index (χ2v) is 7.74. The first-order chi connectivity index (χ1) is 12.0. The zero-order chi connectivity index (χ0) is 17.9. The molecule has 7 heteroatoms. The van der Waals surface area contributed by atoms with Crippen molar-refractivity contribution >= 4 is 16.0 Å². The maximum Gasteiger partial charge on any atom is 0.338 e. The monoisotopic (exact) mass is 360 g/mol. The number of sulfonamides is 1. The van der Waals surface area contributed by atoms with Gasteiger partial charge in [0, 0.05) is 19.6 Å². The summed E-state index contributed by atoms with van der Waals surface area (Å²) in [5.41, 5.74) is 4.04. The number of hydrogen-bond donors (Lipinski definition) is 2. The van der Waals surface area contributed by atoms with E-state index < -0.39 is 16.0 Å². The molecule has 0 aromatic heterocycles. The lowest BCUT2D eigenvalue weighted by atomic mass is 10.1. The van der Waals surface area contributed by atoms with Gasteiger partial charge in [0.1, 0.15) is 0 Å². The normalized spacial score (nSPS) is 13.5. The van der Waals surface area contributed by atoms with E-state index in [4.69, 9.17) is 4.74 Å². The highest BCUT2D eigenvalue weighted by atomic mass is 32.2. The fourth-order valence-electron chi connectivity index (χ4n) is 2.86. The number of carbonyl (C=O) groups is 1. The van der Waals surface area contributed by atoms with E-state index >= 15 is 0 Å². The molecule has 1 aliphatic rings. The lowest BCUT2D eigenvalue weighted by Gasteiger charge is -2.10. The van der Waals surface area contributed by atoms with Crippen LogP contribution < -0.4 is 10.0 Å². The Labute approximate surface area is 147 Å². The van der Waals surface area contributed by atoms with Crippen LogP contribution in [-0.4, -0.2) is 21.5 Å². The Morgan fingerprint density at radius 2 is 1.92 bits per heavy atom. The lowest BCUT2D eigenvalue weighted by Crippen LogP contribution is -2.25. The van der Waals surface area contributed by atoms with Crippen LogP contribution in [0.3, 0.4) is 0 Å². The van der Waals surface area contributed by atoms with E-state index in [-0.39, 0.29) is 17.9 Å². The Kier molecular flexibility index (Phi) is 5.17. The maximum atomic E-state index is 12.4. The summed E-state index contributed by atoms with van der Waals surface area (Å²) < 4.78 is 32.1. The molecule has 132 valence electrons. The van der Waals surface area contributed by atoms with Crippen molar-refractivity contribution in [2.75, 3.05) is 7.11 Å². The molecule has 2 aromatic carbocycles. The molecule has 25 heavy (non-hydrogen) atoms. The summed E-state index contributed by atoms with van der Waals surface area (Å²) in [7, 11) is -2.31. The van der Waals surface area contributed by atoms with Gasteiger partial charge < -0.3 is 10.1 Å². The molecule has 2 N–H and O–H groups in total. The summed E-state index contributed by atoms with van der Waals surface area (Å²) in [4.78, 5) is 11.8. The number of hydrogen-bond acceptors (Lipinski definition) is 5. The van der Waals surface area contributed by atoms with Crippen molar-refractivity contribution in [3.8, 4) is 0 Å². The Morgan fingerprint density at radius 1 is 1.16 bits per heavy atom. The van der Waals surface area contributed by atoms with Crippen LogP contribution in [0.4, 0.5) is 0 Å². The van der Waals surface area contributed by atoms with E-state index in [9.17, 15) is 13.2 Å². The van der Waals surface area contributed by atoms with Gasteiger partial charge in [0.25, 0.3) is 0 Å². The first kappa shape index (κ1) is 17.6. The highest BCUT2D eigenvalue weighted by molar-refractivity contribution is 7.88. The quantitative estimate of drug-likeness (QED) is 0.766. The topological polar surface area (TPSA) is 84.5 Å². The van der Waals surface area contributed by atoms with Crippen molar-refractivity contribution in [1.82, 2.24) is 10.0 Å². The van der Waals surface area contributed by atoms with E-state index in [0.717, 1.165) is 18.7 Å². The van der Waals surface area contributed by atoms with Crippen molar-refractivity contribution in [1.29, 1.82) is 0 Å². The standard InChI is InChI=1S/C18H20N2O4S/c1-24-18(21)17-5-3-2-4-15(17)12-25(22,23)20-9-13-6-7-14-10-19-11-16(14)8-13/h2-8,19-20H,9-12H2,1H3. The zero-order valence-electron chi connectivity index (χ0n) is 13.9. The van der Waals surface area contributed by atoms with Crippen molar-refractivity contribution in [2.24, 2.45) is 0 Å². The SMILES string of the molecule is COC(=O)c1ccccc1CS(=O)(=O)NCc1ccc2c(c1)CNC2. The van der Waals surface area contributed by atoms with Gasteiger partial charge in [-0.25, -0.2) is 17.9 Å². The van der Waals surface area contributed by atoms with Crippen LogP contribution in [0.2, 0.25) is 0 Å². The largest absolute Gasteiger partial charge is 0.465 e. The van der Waals surface area contributed by atoms with Crippen LogP contribution in [0.1, 0.15) is 32.6 Å². The summed E-state index contributed by atoms with van der Waals surface area (Å²) in [5, 5.41) is 3.26. The Bertz CT molecular complexity index is 894. The Balaban J connectivity index is 1.70. The van der Waals surface area contributed by atoms with Gasteiger partial charge >= 0.3 is 5.97 Å². The highest BCUT2D eigenvalue weighted by Crippen LogP contribution is 2.18. The van der Waals surface area contributed by atoms with Crippen LogP contribution in [0, 0.1) is 0 Å². The minimum absolute atomic E-state index is 0.218. The molecule has 1 heterocycles. The van der Waals surface area contributed by atoms with E-state index in [1.807, 2.05) is 18.2 Å². The molecule has 0 bridgehead atoms. The predicted molar refractivity (Wildman–Crippen MR) is 94.2 cm³/mol. The predicted octanol–water partition coefficient (Wildman–Crippen LogP) is 1.70.